The van der Waals surface area contributed by atoms with E-state index in [2.05, 4.69) is 31.4 Å². The van der Waals surface area contributed by atoms with Crippen LogP contribution in [0.2, 0.25) is 0 Å². The zero-order chi connectivity index (χ0) is 26.7. The number of carbonyl (C=O) groups excluding carboxylic acids is 1. The molecule has 2 aliphatic heterocycles. The molecule has 2 saturated heterocycles. The standard InChI is InChI=1S/C32H53N2O4/c1-5-14-34(15-6-7-16-34)28-20-26-24-9-8-23-19-29(36)27(33-12-17-37-18-13-33)21-32(23,4)25(24)10-11-31(26,3)30(28)38-22(2)35/h5,23-30,36H,1,6-21H2,2-4H3/q+1/t23?,24?,25?,26?,27-,28-,29-,30+,31-,32-/m0/s1. The van der Waals surface area contributed by atoms with E-state index < -0.39 is 0 Å². The summed E-state index contributed by atoms with van der Waals surface area (Å²) in [5.74, 6) is 2.54. The molecule has 6 heteroatoms. The van der Waals surface area contributed by atoms with Crippen molar-refractivity contribution in [2.45, 2.75) is 103 Å². The first kappa shape index (κ1) is 27.2. The molecular formula is C32H53N2O4+. The number of quaternary nitrogens is 1. The molecule has 6 fully saturated rings. The van der Waals surface area contributed by atoms with Crippen LogP contribution >= 0.6 is 0 Å². The number of likely N-dealkylation sites (tertiary alicyclic amines) is 1. The Morgan fingerprint density at radius 1 is 1.11 bits per heavy atom. The average Bonchev–Trinajstić information content (AvgIpc) is 3.48. The van der Waals surface area contributed by atoms with Crippen molar-refractivity contribution in [3.8, 4) is 0 Å². The fourth-order valence-corrected chi connectivity index (χ4v) is 11.3. The van der Waals surface area contributed by atoms with Gasteiger partial charge in [-0.05, 0) is 73.7 Å². The molecule has 0 aromatic carbocycles. The molecule has 1 N–H and O–H groups in total. The van der Waals surface area contributed by atoms with Crippen molar-refractivity contribution >= 4 is 5.97 Å². The Hall–Kier alpha value is -0.950. The van der Waals surface area contributed by atoms with Gasteiger partial charge in [-0.15, -0.1) is 0 Å². The van der Waals surface area contributed by atoms with Gasteiger partial charge < -0.3 is 19.1 Å². The predicted octanol–water partition coefficient (Wildman–Crippen LogP) is 4.41. The molecule has 38 heavy (non-hydrogen) atoms. The first-order valence-electron chi connectivity index (χ1n) is 15.9. The summed E-state index contributed by atoms with van der Waals surface area (Å²) < 4.78 is 13.1. The van der Waals surface area contributed by atoms with Gasteiger partial charge in [0.15, 0.2) is 6.10 Å². The number of aliphatic hydroxyl groups excluding tert-OH is 1. The molecule has 6 rings (SSSR count). The minimum absolute atomic E-state index is 0.0174. The zero-order valence-electron chi connectivity index (χ0n) is 24.3. The van der Waals surface area contributed by atoms with Crippen LogP contribution in [0.1, 0.15) is 78.6 Å². The lowest BCUT2D eigenvalue weighted by Gasteiger charge is -2.62. The van der Waals surface area contributed by atoms with Gasteiger partial charge in [0.05, 0.1) is 39.0 Å². The Morgan fingerprint density at radius 3 is 2.53 bits per heavy atom. The maximum atomic E-state index is 12.5. The molecule has 0 aromatic rings. The molecule has 214 valence electrons. The van der Waals surface area contributed by atoms with Crippen LogP contribution in [0.4, 0.5) is 0 Å². The number of fused-ring (bicyclic) bond motifs is 5. The van der Waals surface area contributed by atoms with E-state index >= 15 is 0 Å². The predicted molar refractivity (Wildman–Crippen MR) is 148 cm³/mol. The quantitative estimate of drug-likeness (QED) is 0.325. The van der Waals surface area contributed by atoms with Gasteiger partial charge in [-0.3, -0.25) is 9.69 Å². The summed E-state index contributed by atoms with van der Waals surface area (Å²) in [4.78, 5) is 15.0. The first-order valence-corrected chi connectivity index (χ1v) is 15.9. The number of hydrogen-bond donors (Lipinski definition) is 1. The Balaban J connectivity index is 1.30. The van der Waals surface area contributed by atoms with E-state index in [1.54, 1.807) is 6.92 Å². The minimum Gasteiger partial charge on any atom is -0.456 e. The molecule has 2 heterocycles. The Labute approximate surface area is 230 Å². The Morgan fingerprint density at radius 2 is 1.84 bits per heavy atom. The third kappa shape index (κ3) is 4.23. The third-order valence-electron chi connectivity index (χ3n) is 13.1. The lowest BCUT2D eigenvalue weighted by molar-refractivity contribution is -0.937. The van der Waals surface area contributed by atoms with Crippen molar-refractivity contribution in [3.63, 3.8) is 0 Å². The maximum Gasteiger partial charge on any atom is 0.303 e. The topological polar surface area (TPSA) is 59.0 Å². The first-order chi connectivity index (χ1) is 18.2. The van der Waals surface area contributed by atoms with Gasteiger partial charge in [0.2, 0.25) is 0 Å². The summed E-state index contributed by atoms with van der Waals surface area (Å²) >= 11 is 0. The van der Waals surface area contributed by atoms with Crippen LogP contribution in [-0.2, 0) is 14.3 Å². The smallest absolute Gasteiger partial charge is 0.303 e. The van der Waals surface area contributed by atoms with Crippen LogP contribution < -0.4 is 0 Å². The van der Waals surface area contributed by atoms with Crippen LogP contribution in [0.15, 0.2) is 12.7 Å². The molecule has 0 bridgehead atoms. The minimum atomic E-state index is -0.209. The molecule has 4 saturated carbocycles. The molecule has 4 aliphatic carbocycles. The lowest BCUT2D eigenvalue weighted by Crippen LogP contribution is -2.61. The van der Waals surface area contributed by atoms with Crippen LogP contribution in [0.25, 0.3) is 0 Å². The highest BCUT2D eigenvalue weighted by Gasteiger charge is 2.67. The van der Waals surface area contributed by atoms with Gasteiger partial charge >= 0.3 is 5.97 Å². The second-order valence-electron chi connectivity index (χ2n) is 14.6. The van der Waals surface area contributed by atoms with Crippen molar-refractivity contribution < 1.29 is 23.9 Å². The molecule has 0 amide bonds. The van der Waals surface area contributed by atoms with E-state index in [0.29, 0.717) is 29.7 Å². The van der Waals surface area contributed by atoms with Crippen molar-refractivity contribution in [2.75, 3.05) is 45.9 Å². The Kier molecular flexibility index (Phi) is 7.27. The van der Waals surface area contributed by atoms with Crippen LogP contribution in [-0.4, -0.2) is 90.7 Å². The average molecular weight is 530 g/mol. The number of esters is 1. The SMILES string of the molecule is C=CC[N+]1([C@H]2CC3C4CCC5C[C@H](O)[C@@H](N6CCOCC6)C[C@]5(C)C4CC[C@]3(C)[C@@H]2OC(C)=O)CCCC1. The fraction of sp³-hybridized carbons (Fsp3) is 0.906. The van der Waals surface area contributed by atoms with Gasteiger partial charge in [-0.1, -0.05) is 20.4 Å². The number of ether oxygens (including phenoxy) is 2. The molecule has 0 spiro atoms. The van der Waals surface area contributed by atoms with E-state index in [4.69, 9.17) is 9.47 Å². The molecule has 6 aliphatic rings. The van der Waals surface area contributed by atoms with Gasteiger partial charge in [0.25, 0.3) is 0 Å². The van der Waals surface area contributed by atoms with Gasteiger partial charge in [0, 0.05) is 50.7 Å². The van der Waals surface area contributed by atoms with E-state index in [-0.39, 0.29) is 35.0 Å². The van der Waals surface area contributed by atoms with Gasteiger partial charge in [-0.2, -0.15) is 0 Å². The summed E-state index contributed by atoms with van der Waals surface area (Å²) in [5, 5.41) is 11.3. The van der Waals surface area contributed by atoms with Gasteiger partial charge in [0.1, 0.15) is 6.04 Å². The van der Waals surface area contributed by atoms with Crippen LogP contribution in [0.5, 0.6) is 0 Å². The van der Waals surface area contributed by atoms with Crippen molar-refractivity contribution in [3.05, 3.63) is 12.7 Å². The van der Waals surface area contributed by atoms with Gasteiger partial charge in [-0.25, -0.2) is 0 Å². The maximum absolute atomic E-state index is 12.5. The molecule has 0 aromatic heterocycles. The zero-order valence-corrected chi connectivity index (χ0v) is 24.3. The van der Waals surface area contributed by atoms with E-state index in [9.17, 15) is 9.90 Å². The highest BCUT2D eigenvalue weighted by molar-refractivity contribution is 5.66. The van der Waals surface area contributed by atoms with E-state index in [1.165, 1.54) is 51.6 Å². The highest BCUT2D eigenvalue weighted by Crippen LogP contribution is 2.67. The second kappa shape index (κ2) is 10.2. The van der Waals surface area contributed by atoms with Crippen LogP contribution in [0.3, 0.4) is 0 Å². The Bertz CT molecular complexity index is 898. The summed E-state index contributed by atoms with van der Waals surface area (Å²) in [6, 6.07) is 0.663. The van der Waals surface area contributed by atoms with Crippen molar-refractivity contribution in [1.82, 2.24) is 4.90 Å². The van der Waals surface area contributed by atoms with Crippen molar-refractivity contribution in [2.24, 2.45) is 34.5 Å². The summed E-state index contributed by atoms with van der Waals surface area (Å²) in [6.45, 7) is 17.7. The largest absolute Gasteiger partial charge is 0.456 e. The molecule has 0 radical (unpaired) electrons. The molecular weight excluding hydrogens is 476 g/mol. The summed E-state index contributed by atoms with van der Waals surface area (Å²) in [5.41, 5.74) is 0.343. The number of rotatable bonds is 5. The fourth-order valence-electron chi connectivity index (χ4n) is 11.3. The number of morpholine rings is 1. The second-order valence-corrected chi connectivity index (χ2v) is 14.6. The normalized spacial score (nSPS) is 48.5. The third-order valence-corrected chi connectivity index (χ3v) is 13.1. The molecule has 10 atom stereocenters. The number of hydrogen-bond acceptors (Lipinski definition) is 5. The van der Waals surface area contributed by atoms with Crippen molar-refractivity contribution in [1.29, 1.82) is 0 Å². The monoisotopic (exact) mass is 529 g/mol. The molecule has 6 nitrogen and oxygen atoms in total. The number of carbonyl (C=O) groups is 1. The van der Waals surface area contributed by atoms with E-state index in [0.717, 1.165) is 56.6 Å². The highest BCUT2D eigenvalue weighted by atomic mass is 16.5. The molecule has 4 unspecified atom stereocenters. The van der Waals surface area contributed by atoms with Crippen LogP contribution in [0, 0.1) is 34.5 Å². The van der Waals surface area contributed by atoms with E-state index in [1.807, 2.05) is 0 Å². The number of nitrogens with zero attached hydrogens (tertiary/aromatic N) is 2. The summed E-state index contributed by atoms with van der Waals surface area (Å²) in [7, 11) is 0. The lowest BCUT2D eigenvalue weighted by atomic mass is 9.44. The number of aliphatic hydroxyl groups is 1. The summed E-state index contributed by atoms with van der Waals surface area (Å²) in [6.07, 6.45) is 12.7.